The second-order valence-corrected chi connectivity index (χ2v) is 15.0. The Morgan fingerprint density at radius 1 is 1.03 bits per heavy atom. The van der Waals surface area contributed by atoms with Gasteiger partial charge in [-0.1, -0.05) is 57.7 Å². The fraction of sp³-hybridized carbons (Fsp3) is 0.269. The molecule has 0 radical (unpaired) electrons. The molecule has 2 aromatic carbocycles. The first-order valence-electron chi connectivity index (χ1n) is 10.4. The summed E-state index contributed by atoms with van der Waals surface area (Å²) in [7, 11) is -1.79. The lowest BCUT2D eigenvalue weighted by Crippen LogP contribution is -2.41. The van der Waals surface area contributed by atoms with Crippen LogP contribution in [0, 0.1) is 0 Å². The van der Waals surface area contributed by atoms with Crippen molar-refractivity contribution in [1.82, 2.24) is 0 Å². The Morgan fingerprint density at radius 2 is 1.68 bits per heavy atom. The minimum atomic E-state index is -1.79. The van der Waals surface area contributed by atoms with Gasteiger partial charge in [0.1, 0.15) is 0 Å². The molecule has 5 heteroatoms. The molecule has 0 saturated heterocycles. The number of carbonyl (C=O) groups is 1. The molecule has 0 spiro atoms. The van der Waals surface area contributed by atoms with Crippen LogP contribution in [-0.4, -0.2) is 20.8 Å². The topological polar surface area (TPSA) is 38.3 Å². The average Bonchev–Trinajstić information content (AvgIpc) is 3.23. The van der Waals surface area contributed by atoms with Gasteiger partial charge in [0.05, 0.1) is 6.61 Å². The van der Waals surface area contributed by atoms with Crippen molar-refractivity contribution < 1.29 is 9.22 Å². The van der Waals surface area contributed by atoms with Crippen LogP contribution in [-0.2, 0) is 4.43 Å². The number of carbonyl (C=O) groups excluding carboxylic acids is 1. The molecular weight excluding hydrogens is 418 g/mol. The van der Waals surface area contributed by atoms with Gasteiger partial charge in [-0.2, -0.15) is 0 Å². The standard InChI is InChI=1S/C26H31NO2SSi/c1-19(17-29-31(5,6)26(2,3)4)22-16-24(30-18-22)20-12-14-23(15-13-20)27-25(28)21-10-8-7-9-11-21/h7-16,18H,1,17H2,2-6H3,(H,27,28). The third kappa shape index (κ3) is 5.82. The Labute approximate surface area is 190 Å². The van der Waals surface area contributed by atoms with Crippen molar-refractivity contribution in [2.24, 2.45) is 0 Å². The van der Waals surface area contributed by atoms with E-state index in [2.05, 4.69) is 57.2 Å². The number of hydrogen-bond acceptors (Lipinski definition) is 3. The molecule has 3 nitrogen and oxygen atoms in total. The zero-order chi connectivity index (χ0) is 22.6. The van der Waals surface area contributed by atoms with E-state index in [9.17, 15) is 4.79 Å². The molecule has 0 unspecified atom stereocenters. The lowest BCUT2D eigenvalue weighted by atomic mass is 10.1. The van der Waals surface area contributed by atoms with Crippen LogP contribution in [0.2, 0.25) is 18.1 Å². The number of benzene rings is 2. The van der Waals surface area contributed by atoms with Crippen molar-refractivity contribution in [2.45, 2.75) is 38.9 Å². The first-order chi connectivity index (χ1) is 14.6. The Bertz CT molecular complexity index is 1050. The largest absolute Gasteiger partial charge is 0.413 e. The van der Waals surface area contributed by atoms with Crippen LogP contribution in [0.5, 0.6) is 0 Å². The van der Waals surface area contributed by atoms with Crippen molar-refractivity contribution in [1.29, 1.82) is 0 Å². The SMILES string of the molecule is C=C(CO[Si](C)(C)C(C)(C)C)c1csc(-c2ccc(NC(=O)c3ccccc3)cc2)c1. The molecule has 3 aromatic rings. The van der Waals surface area contributed by atoms with E-state index >= 15 is 0 Å². The maximum Gasteiger partial charge on any atom is 0.255 e. The summed E-state index contributed by atoms with van der Waals surface area (Å²) in [5.74, 6) is -0.107. The zero-order valence-electron chi connectivity index (χ0n) is 19.0. The van der Waals surface area contributed by atoms with Crippen LogP contribution >= 0.6 is 11.3 Å². The van der Waals surface area contributed by atoms with E-state index in [0.29, 0.717) is 12.2 Å². The molecule has 0 aliphatic heterocycles. The predicted octanol–water partition coefficient (Wildman–Crippen LogP) is 7.70. The molecule has 1 N–H and O–H groups in total. The summed E-state index contributed by atoms with van der Waals surface area (Å²) in [6.45, 7) is 16.1. The van der Waals surface area contributed by atoms with Crippen LogP contribution < -0.4 is 5.32 Å². The minimum absolute atomic E-state index is 0.107. The maximum absolute atomic E-state index is 12.3. The Morgan fingerprint density at radius 3 is 2.29 bits per heavy atom. The average molecular weight is 450 g/mol. The van der Waals surface area contributed by atoms with E-state index in [1.165, 1.54) is 4.88 Å². The van der Waals surface area contributed by atoms with Crippen LogP contribution in [0.1, 0.15) is 36.7 Å². The summed E-state index contributed by atoms with van der Waals surface area (Å²) in [5.41, 5.74) is 4.68. The highest BCUT2D eigenvalue weighted by Gasteiger charge is 2.37. The van der Waals surface area contributed by atoms with Gasteiger partial charge in [0.25, 0.3) is 5.91 Å². The molecule has 3 rings (SSSR count). The predicted molar refractivity (Wildman–Crippen MR) is 136 cm³/mol. The first-order valence-corrected chi connectivity index (χ1v) is 14.2. The van der Waals surface area contributed by atoms with Crippen molar-refractivity contribution in [3.63, 3.8) is 0 Å². The normalized spacial score (nSPS) is 11.9. The first kappa shape index (κ1) is 23.2. The molecular formula is C26H31NO2SSi. The van der Waals surface area contributed by atoms with E-state index in [-0.39, 0.29) is 10.9 Å². The van der Waals surface area contributed by atoms with Gasteiger partial charge in [-0.3, -0.25) is 4.79 Å². The molecule has 0 fully saturated rings. The Kier molecular flexibility index (Phi) is 6.99. The molecule has 31 heavy (non-hydrogen) atoms. The molecule has 1 aromatic heterocycles. The summed E-state index contributed by atoms with van der Waals surface area (Å²) in [6.07, 6.45) is 0. The second-order valence-electron chi connectivity index (χ2n) is 9.25. The molecule has 0 bridgehead atoms. The van der Waals surface area contributed by atoms with Gasteiger partial charge in [0.15, 0.2) is 8.32 Å². The van der Waals surface area contributed by atoms with Gasteiger partial charge in [0, 0.05) is 16.1 Å². The quantitative estimate of drug-likeness (QED) is 0.375. The zero-order valence-corrected chi connectivity index (χ0v) is 20.8. The summed E-state index contributed by atoms with van der Waals surface area (Å²) >= 11 is 1.69. The molecule has 0 saturated carbocycles. The van der Waals surface area contributed by atoms with Crippen LogP contribution in [0.15, 0.2) is 72.6 Å². The van der Waals surface area contributed by atoms with Gasteiger partial charge >= 0.3 is 0 Å². The number of anilines is 1. The van der Waals surface area contributed by atoms with Crippen LogP contribution in [0.25, 0.3) is 16.0 Å². The number of hydrogen-bond donors (Lipinski definition) is 1. The minimum Gasteiger partial charge on any atom is -0.413 e. The highest BCUT2D eigenvalue weighted by Crippen LogP contribution is 2.37. The second kappa shape index (κ2) is 9.35. The number of rotatable bonds is 7. The molecule has 1 heterocycles. The molecule has 1 amide bonds. The molecule has 0 atom stereocenters. The van der Waals surface area contributed by atoms with Crippen molar-refractivity contribution in [2.75, 3.05) is 11.9 Å². The lowest BCUT2D eigenvalue weighted by molar-refractivity contribution is 0.102. The van der Waals surface area contributed by atoms with E-state index < -0.39 is 8.32 Å². The highest BCUT2D eigenvalue weighted by molar-refractivity contribution is 7.13. The smallest absolute Gasteiger partial charge is 0.255 e. The summed E-state index contributed by atoms with van der Waals surface area (Å²) in [6, 6.07) is 19.3. The molecule has 0 aliphatic carbocycles. The van der Waals surface area contributed by atoms with E-state index in [4.69, 9.17) is 4.43 Å². The summed E-state index contributed by atoms with van der Waals surface area (Å²) in [4.78, 5) is 13.5. The monoisotopic (exact) mass is 449 g/mol. The Balaban J connectivity index is 1.63. The highest BCUT2D eigenvalue weighted by atomic mass is 32.1. The summed E-state index contributed by atoms with van der Waals surface area (Å²) < 4.78 is 6.32. The number of amides is 1. The fourth-order valence-electron chi connectivity index (χ4n) is 2.75. The maximum atomic E-state index is 12.3. The molecule has 0 aliphatic rings. The number of thiophene rings is 1. The van der Waals surface area contributed by atoms with Gasteiger partial charge in [0.2, 0.25) is 0 Å². The van der Waals surface area contributed by atoms with E-state index in [0.717, 1.165) is 22.4 Å². The number of nitrogens with one attached hydrogen (secondary N) is 1. The van der Waals surface area contributed by atoms with E-state index in [1.54, 1.807) is 23.5 Å². The third-order valence-electron chi connectivity index (χ3n) is 5.88. The summed E-state index contributed by atoms with van der Waals surface area (Å²) in [5, 5.41) is 5.26. The molecule has 162 valence electrons. The van der Waals surface area contributed by atoms with Crippen LogP contribution in [0.3, 0.4) is 0 Å². The van der Waals surface area contributed by atoms with Gasteiger partial charge in [-0.05, 0) is 70.5 Å². The fourth-order valence-corrected chi connectivity index (χ4v) is 4.67. The van der Waals surface area contributed by atoms with Gasteiger partial charge in [-0.25, -0.2) is 0 Å². The van der Waals surface area contributed by atoms with Crippen LogP contribution in [0.4, 0.5) is 5.69 Å². The Hall–Kier alpha value is -2.47. The van der Waals surface area contributed by atoms with Gasteiger partial charge in [-0.15, -0.1) is 11.3 Å². The lowest BCUT2D eigenvalue weighted by Gasteiger charge is -2.36. The van der Waals surface area contributed by atoms with Crippen molar-refractivity contribution >= 4 is 36.8 Å². The van der Waals surface area contributed by atoms with Gasteiger partial charge < -0.3 is 9.74 Å². The van der Waals surface area contributed by atoms with Crippen molar-refractivity contribution in [3.8, 4) is 10.4 Å². The third-order valence-corrected chi connectivity index (χ3v) is 11.3. The van der Waals surface area contributed by atoms with Crippen molar-refractivity contribution in [3.05, 3.63) is 83.7 Å². The van der Waals surface area contributed by atoms with E-state index in [1.807, 2.05) is 42.5 Å².